The Morgan fingerprint density at radius 1 is 1.03 bits per heavy atom. The SMILES string of the molecule is Cc1ccc(S(=O)(=O)N2CCN(C(=O)N[C@H](C)CCc3ccccc3)CC2)c(C)c1. The molecule has 0 radical (unpaired) electrons. The molecule has 2 aromatic rings. The minimum atomic E-state index is -3.55. The van der Waals surface area contributed by atoms with Gasteiger partial charge < -0.3 is 10.2 Å². The number of amides is 2. The largest absolute Gasteiger partial charge is 0.336 e. The number of aryl methyl sites for hydroxylation is 3. The van der Waals surface area contributed by atoms with Gasteiger partial charge in [-0.25, -0.2) is 13.2 Å². The van der Waals surface area contributed by atoms with Gasteiger partial charge in [0.15, 0.2) is 0 Å². The minimum Gasteiger partial charge on any atom is -0.336 e. The summed E-state index contributed by atoms with van der Waals surface area (Å²) in [7, 11) is -3.55. The zero-order valence-corrected chi connectivity index (χ0v) is 18.8. The van der Waals surface area contributed by atoms with E-state index in [1.807, 2.05) is 51.1 Å². The molecule has 6 nitrogen and oxygen atoms in total. The molecule has 0 aromatic heterocycles. The van der Waals surface area contributed by atoms with Crippen LogP contribution in [0.15, 0.2) is 53.4 Å². The van der Waals surface area contributed by atoms with E-state index >= 15 is 0 Å². The smallest absolute Gasteiger partial charge is 0.317 e. The fourth-order valence-electron chi connectivity index (χ4n) is 3.76. The van der Waals surface area contributed by atoms with Gasteiger partial charge in [-0.05, 0) is 50.8 Å². The molecule has 1 N–H and O–H groups in total. The van der Waals surface area contributed by atoms with Gasteiger partial charge in [-0.15, -0.1) is 0 Å². The van der Waals surface area contributed by atoms with E-state index in [0.717, 1.165) is 24.0 Å². The van der Waals surface area contributed by atoms with Gasteiger partial charge in [-0.1, -0.05) is 48.0 Å². The second-order valence-electron chi connectivity index (χ2n) is 8.03. The molecule has 2 amide bonds. The van der Waals surface area contributed by atoms with E-state index in [2.05, 4.69) is 17.4 Å². The van der Waals surface area contributed by atoms with Crippen molar-refractivity contribution in [2.75, 3.05) is 26.2 Å². The Kier molecular flexibility index (Phi) is 7.15. The van der Waals surface area contributed by atoms with Gasteiger partial charge in [0.05, 0.1) is 4.90 Å². The molecule has 1 atom stereocenters. The van der Waals surface area contributed by atoms with Crippen LogP contribution in [0.5, 0.6) is 0 Å². The molecule has 3 rings (SSSR count). The fourth-order valence-corrected chi connectivity index (χ4v) is 5.39. The van der Waals surface area contributed by atoms with Gasteiger partial charge in [-0.3, -0.25) is 0 Å². The number of sulfonamides is 1. The average Bonchev–Trinajstić information content (AvgIpc) is 2.73. The molecule has 0 spiro atoms. The highest BCUT2D eigenvalue weighted by Gasteiger charge is 2.31. The highest BCUT2D eigenvalue weighted by Crippen LogP contribution is 2.22. The molecule has 0 unspecified atom stereocenters. The van der Waals surface area contributed by atoms with E-state index in [1.165, 1.54) is 9.87 Å². The van der Waals surface area contributed by atoms with Crippen molar-refractivity contribution in [2.45, 2.75) is 44.6 Å². The maximum Gasteiger partial charge on any atom is 0.317 e. The van der Waals surface area contributed by atoms with Gasteiger partial charge in [0.25, 0.3) is 0 Å². The first kappa shape index (κ1) is 22.3. The van der Waals surface area contributed by atoms with Gasteiger partial charge in [-0.2, -0.15) is 4.31 Å². The summed E-state index contributed by atoms with van der Waals surface area (Å²) in [4.78, 5) is 14.6. The zero-order valence-electron chi connectivity index (χ0n) is 18.0. The maximum atomic E-state index is 13.0. The average molecular weight is 430 g/mol. The van der Waals surface area contributed by atoms with Crippen molar-refractivity contribution in [3.05, 3.63) is 65.2 Å². The number of urea groups is 1. The third-order valence-electron chi connectivity index (χ3n) is 5.55. The van der Waals surface area contributed by atoms with E-state index in [4.69, 9.17) is 0 Å². The Morgan fingerprint density at radius 3 is 2.33 bits per heavy atom. The Balaban J connectivity index is 1.51. The molecular weight excluding hydrogens is 398 g/mol. The maximum absolute atomic E-state index is 13.0. The number of piperazine rings is 1. The predicted molar refractivity (Wildman–Crippen MR) is 119 cm³/mol. The number of nitrogens with zero attached hydrogens (tertiary/aromatic N) is 2. The lowest BCUT2D eigenvalue weighted by atomic mass is 10.1. The fraction of sp³-hybridized carbons (Fsp3) is 0.435. The Hall–Kier alpha value is -2.38. The van der Waals surface area contributed by atoms with Gasteiger partial charge in [0, 0.05) is 32.2 Å². The lowest BCUT2D eigenvalue weighted by Gasteiger charge is -2.34. The standard InChI is InChI=1S/C23H31N3O3S/c1-18-9-12-22(19(2)17-18)30(28,29)26-15-13-25(14-16-26)23(27)24-20(3)10-11-21-7-5-4-6-8-21/h4-9,12,17,20H,10-11,13-16H2,1-3H3,(H,24,27)/t20-/m1/s1. The van der Waals surface area contributed by atoms with Crippen LogP contribution in [0.25, 0.3) is 0 Å². The van der Waals surface area contributed by atoms with E-state index in [9.17, 15) is 13.2 Å². The number of carbonyl (C=O) groups excluding carboxylic acids is 1. The van der Waals surface area contributed by atoms with Crippen molar-refractivity contribution in [2.24, 2.45) is 0 Å². The summed E-state index contributed by atoms with van der Waals surface area (Å²) in [5.74, 6) is 0. The summed E-state index contributed by atoms with van der Waals surface area (Å²) in [6.07, 6.45) is 1.76. The van der Waals surface area contributed by atoms with E-state index in [0.29, 0.717) is 31.1 Å². The number of nitrogens with one attached hydrogen (secondary N) is 1. The molecule has 0 aliphatic carbocycles. The van der Waals surface area contributed by atoms with Crippen LogP contribution in [0, 0.1) is 13.8 Å². The molecule has 1 fully saturated rings. The molecular formula is C23H31N3O3S. The first-order valence-electron chi connectivity index (χ1n) is 10.4. The highest BCUT2D eigenvalue weighted by molar-refractivity contribution is 7.89. The normalized spacial score (nSPS) is 16.3. The number of hydrogen-bond donors (Lipinski definition) is 1. The summed E-state index contributed by atoms with van der Waals surface area (Å²) in [6.45, 7) is 7.16. The highest BCUT2D eigenvalue weighted by atomic mass is 32.2. The monoisotopic (exact) mass is 429 g/mol. The van der Waals surface area contributed by atoms with Crippen molar-refractivity contribution < 1.29 is 13.2 Å². The van der Waals surface area contributed by atoms with Crippen LogP contribution in [0.4, 0.5) is 4.79 Å². The summed E-state index contributed by atoms with van der Waals surface area (Å²) in [6, 6.07) is 15.5. The van der Waals surface area contributed by atoms with Crippen molar-refractivity contribution >= 4 is 16.1 Å². The lowest BCUT2D eigenvalue weighted by molar-refractivity contribution is 0.169. The number of rotatable bonds is 6. The lowest BCUT2D eigenvalue weighted by Crippen LogP contribution is -2.54. The Morgan fingerprint density at radius 2 is 1.70 bits per heavy atom. The predicted octanol–water partition coefficient (Wildman–Crippen LogP) is 3.34. The molecule has 0 saturated carbocycles. The van der Waals surface area contributed by atoms with Crippen LogP contribution in [0.2, 0.25) is 0 Å². The first-order valence-corrected chi connectivity index (χ1v) is 11.9. The topological polar surface area (TPSA) is 69.7 Å². The van der Waals surface area contributed by atoms with Crippen molar-refractivity contribution in [1.29, 1.82) is 0 Å². The van der Waals surface area contributed by atoms with Crippen molar-refractivity contribution in [3.8, 4) is 0 Å². The Labute approximate surface area is 179 Å². The molecule has 2 aromatic carbocycles. The van der Waals surface area contributed by atoms with Crippen LogP contribution in [0.1, 0.15) is 30.0 Å². The summed E-state index contributed by atoms with van der Waals surface area (Å²) in [5, 5.41) is 3.04. The molecule has 7 heteroatoms. The molecule has 1 heterocycles. The van der Waals surface area contributed by atoms with Crippen molar-refractivity contribution in [1.82, 2.24) is 14.5 Å². The molecule has 1 aliphatic rings. The number of benzene rings is 2. The van der Waals surface area contributed by atoms with Crippen LogP contribution in [0.3, 0.4) is 0 Å². The van der Waals surface area contributed by atoms with Crippen LogP contribution in [-0.4, -0.2) is 55.9 Å². The van der Waals surface area contributed by atoms with Crippen LogP contribution < -0.4 is 5.32 Å². The van der Waals surface area contributed by atoms with Crippen LogP contribution in [-0.2, 0) is 16.4 Å². The van der Waals surface area contributed by atoms with Crippen LogP contribution >= 0.6 is 0 Å². The van der Waals surface area contributed by atoms with Gasteiger partial charge >= 0.3 is 6.03 Å². The second-order valence-corrected chi connectivity index (χ2v) is 9.94. The third kappa shape index (κ3) is 5.40. The molecule has 1 aliphatic heterocycles. The van der Waals surface area contributed by atoms with E-state index in [-0.39, 0.29) is 12.1 Å². The summed E-state index contributed by atoms with van der Waals surface area (Å²) < 4.78 is 27.5. The van der Waals surface area contributed by atoms with E-state index < -0.39 is 10.0 Å². The summed E-state index contributed by atoms with van der Waals surface area (Å²) in [5.41, 5.74) is 3.04. The van der Waals surface area contributed by atoms with Crippen molar-refractivity contribution in [3.63, 3.8) is 0 Å². The zero-order chi connectivity index (χ0) is 21.7. The molecule has 162 valence electrons. The third-order valence-corrected chi connectivity index (χ3v) is 7.61. The quantitative estimate of drug-likeness (QED) is 0.766. The number of carbonyl (C=O) groups is 1. The molecule has 30 heavy (non-hydrogen) atoms. The van der Waals surface area contributed by atoms with Gasteiger partial charge in [0.2, 0.25) is 10.0 Å². The van der Waals surface area contributed by atoms with Gasteiger partial charge in [0.1, 0.15) is 0 Å². The summed E-state index contributed by atoms with van der Waals surface area (Å²) >= 11 is 0. The Bertz CT molecular complexity index is 968. The number of hydrogen-bond acceptors (Lipinski definition) is 3. The second kappa shape index (κ2) is 9.62. The van der Waals surface area contributed by atoms with E-state index in [1.54, 1.807) is 11.0 Å². The minimum absolute atomic E-state index is 0.0506. The molecule has 0 bridgehead atoms. The molecule has 1 saturated heterocycles. The first-order chi connectivity index (χ1) is 14.3.